The summed E-state index contributed by atoms with van der Waals surface area (Å²) in [6.07, 6.45) is -3.84. The first-order valence-corrected chi connectivity index (χ1v) is 13.2. The number of nitrogens with two attached hydrogens (primary N) is 1. The number of aliphatic hydroxyl groups excluding tert-OH is 1. The number of carboxylic acid groups (broad SMARTS) is 1. The van der Waals surface area contributed by atoms with E-state index in [0.717, 1.165) is 16.7 Å². The van der Waals surface area contributed by atoms with Crippen LogP contribution in [0, 0.1) is 5.41 Å². The second-order valence-corrected chi connectivity index (χ2v) is 11.1. The maximum atomic E-state index is 13.2. The number of carboxylic acids is 1. The lowest BCUT2D eigenvalue weighted by atomic mass is 10.0. The average Bonchev–Trinajstić information content (AvgIpc) is 3.25. The van der Waals surface area contributed by atoms with Crippen LogP contribution in [0.2, 0.25) is 0 Å². The number of thiophene rings is 1. The van der Waals surface area contributed by atoms with Gasteiger partial charge in [-0.3, -0.25) is 5.41 Å². The minimum Gasteiger partial charge on any atom is -0.475 e. The zero-order valence-electron chi connectivity index (χ0n) is 18.3. The van der Waals surface area contributed by atoms with E-state index < -0.39 is 28.1 Å². The predicted octanol–water partition coefficient (Wildman–Crippen LogP) is 4.94. The molecular weight excluding hydrogens is 525 g/mol. The predicted molar refractivity (Wildman–Crippen MR) is 129 cm³/mol. The highest BCUT2D eigenvalue weighted by Crippen LogP contribution is 2.37. The summed E-state index contributed by atoms with van der Waals surface area (Å²) < 4.78 is 58.8. The zero-order chi connectivity index (χ0) is 26.6. The highest BCUT2D eigenvalue weighted by atomic mass is 32.2. The van der Waals surface area contributed by atoms with Crippen LogP contribution in [-0.4, -0.2) is 42.9 Å². The maximum absolute atomic E-state index is 13.2. The number of rotatable bonds is 6. The van der Waals surface area contributed by atoms with Gasteiger partial charge < -0.3 is 15.9 Å². The Morgan fingerprint density at radius 2 is 1.69 bits per heavy atom. The number of aliphatic hydroxyl groups is 1. The second kappa shape index (κ2) is 11.2. The Morgan fingerprint density at radius 1 is 1.11 bits per heavy atom. The van der Waals surface area contributed by atoms with Crippen LogP contribution >= 0.6 is 23.1 Å². The van der Waals surface area contributed by atoms with Gasteiger partial charge in [-0.25, -0.2) is 13.2 Å². The molecule has 0 bridgehead atoms. The lowest BCUT2D eigenvalue weighted by Gasteiger charge is -2.09. The smallest absolute Gasteiger partial charge is 0.475 e. The Labute approximate surface area is 207 Å². The van der Waals surface area contributed by atoms with Crippen molar-refractivity contribution in [3.8, 4) is 11.1 Å². The number of amidine groups is 1. The average molecular weight is 547 g/mol. The molecule has 0 saturated heterocycles. The van der Waals surface area contributed by atoms with Crippen molar-refractivity contribution in [2.75, 3.05) is 6.26 Å². The number of thioether (sulfide) groups is 1. The Balaban J connectivity index is 0.000000540. The van der Waals surface area contributed by atoms with Crippen molar-refractivity contribution in [1.29, 1.82) is 5.41 Å². The van der Waals surface area contributed by atoms with E-state index in [1.165, 1.54) is 29.2 Å². The minimum absolute atomic E-state index is 0.145. The number of sulfone groups is 1. The molecule has 3 rings (SSSR count). The van der Waals surface area contributed by atoms with Crippen LogP contribution in [-0.2, 0) is 14.6 Å². The fourth-order valence-corrected chi connectivity index (χ4v) is 6.65. The zero-order valence-corrected chi connectivity index (χ0v) is 20.8. The van der Waals surface area contributed by atoms with E-state index in [-0.39, 0.29) is 15.6 Å². The number of alkyl halides is 3. The van der Waals surface area contributed by atoms with Crippen LogP contribution in [0.15, 0.2) is 68.6 Å². The number of halogens is 3. The van der Waals surface area contributed by atoms with Crippen LogP contribution in [0.25, 0.3) is 11.1 Å². The fourth-order valence-electron chi connectivity index (χ4n) is 2.74. The molecule has 188 valence electrons. The topological polar surface area (TPSA) is 142 Å². The molecule has 5 N–H and O–H groups in total. The van der Waals surface area contributed by atoms with Gasteiger partial charge in [-0.2, -0.15) is 13.2 Å². The largest absolute Gasteiger partial charge is 0.490 e. The number of nitrogens with one attached hydrogen (secondary N) is 1. The van der Waals surface area contributed by atoms with Gasteiger partial charge in [0, 0.05) is 0 Å². The number of benzene rings is 2. The third kappa shape index (κ3) is 7.07. The Kier molecular flexibility index (Phi) is 9.11. The Bertz CT molecular complexity index is 1320. The van der Waals surface area contributed by atoms with Gasteiger partial charge in [0.1, 0.15) is 5.84 Å². The molecule has 13 heteroatoms. The van der Waals surface area contributed by atoms with Gasteiger partial charge in [0.25, 0.3) is 0 Å². The van der Waals surface area contributed by atoms with Crippen LogP contribution < -0.4 is 5.73 Å². The van der Waals surface area contributed by atoms with Gasteiger partial charge in [-0.1, -0.05) is 36.4 Å². The maximum Gasteiger partial charge on any atom is 0.490 e. The van der Waals surface area contributed by atoms with Crippen LogP contribution in [0.1, 0.15) is 23.5 Å². The first-order chi connectivity index (χ1) is 16.2. The summed E-state index contributed by atoms with van der Waals surface area (Å²) in [6.45, 7) is 1.70. The molecule has 2 aromatic carbocycles. The van der Waals surface area contributed by atoms with E-state index in [2.05, 4.69) is 0 Å². The van der Waals surface area contributed by atoms with E-state index in [1.807, 2.05) is 30.3 Å². The Morgan fingerprint density at radius 3 is 2.14 bits per heavy atom. The first-order valence-electron chi connectivity index (χ1n) is 9.64. The van der Waals surface area contributed by atoms with E-state index >= 15 is 0 Å². The van der Waals surface area contributed by atoms with Gasteiger partial charge in [0.05, 0.1) is 25.0 Å². The van der Waals surface area contributed by atoms with Crippen LogP contribution in [0.5, 0.6) is 0 Å². The van der Waals surface area contributed by atoms with Crippen molar-refractivity contribution in [2.24, 2.45) is 5.73 Å². The molecule has 0 radical (unpaired) electrons. The number of nitrogen functional groups attached to an aromatic ring is 1. The van der Waals surface area contributed by atoms with E-state index in [9.17, 15) is 26.7 Å². The quantitative estimate of drug-likeness (QED) is 0.195. The van der Waals surface area contributed by atoms with Crippen LogP contribution in [0.3, 0.4) is 0 Å². The molecule has 0 amide bonds. The minimum atomic E-state index is -5.08. The van der Waals surface area contributed by atoms with Crippen molar-refractivity contribution >= 4 is 44.7 Å². The summed E-state index contributed by atoms with van der Waals surface area (Å²) in [4.78, 5) is 9.70. The Hall–Kier alpha value is -2.87. The van der Waals surface area contributed by atoms with E-state index in [0.29, 0.717) is 9.09 Å². The molecule has 0 saturated carbocycles. The van der Waals surface area contributed by atoms with Gasteiger partial charge in [0.2, 0.25) is 9.84 Å². The second-order valence-electron chi connectivity index (χ2n) is 7.01. The number of aliphatic carboxylic acids is 1. The molecule has 0 aliphatic rings. The monoisotopic (exact) mass is 546 g/mol. The molecule has 1 atom stereocenters. The molecule has 1 unspecified atom stereocenters. The number of carbonyl (C=O) groups is 1. The molecule has 1 aromatic heterocycles. The van der Waals surface area contributed by atoms with Gasteiger partial charge in [-0.05, 0) is 48.1 Å². The highest BCUT2D eigenvalue weighted by Gasteiger charge is 2.38. The number of hydrogen-bond donors (Lipinski definition) is 4. The van der Waals surface area contributed by atoms with E-state index in [4.69, 9.17) is 21.0 Å². The normalized spacial score (nSPS) is 12.4. The molecule has 3 aromatic rings. The van der Waals surface area contributed by atoms with Gasteiger partial charge >= 0.3 is 12.1 Å². The summed E-state index contributed by atoms with van der Waals surface area (Å²) in [5.41, 5.74) is 7.97. The first kappa shape index (κ1) is 28.4. The van der Waals surface area contributed by atoms with Gasteiger partial charge in [0.15, 0.2) is 0 Å². The van der Waals surface area contributed by atoms with Crippen molar-refractivity contribution in [3.63, 3.8) is 0 Å². The van der Waals surface area contributed by atoms with Crippen LogP contribution in [0.4, 0.5) is 13.2 Å². The third-order valence-electron chi connectivity index (χ3n) is 4.52. The van der Waals surface area contributed by atoms with Crippen molar-refractivity contribution in [3.05, 3.63) is 65.0 Å². The third-order valence-corrected chi connectivity index (χ3v) is 8.86. The van der Waals surface area contributed by atoms with Crippen molar-refractivity contribution in [2.45, 2.75) is 33.2 Å². The fraction of sp³-hybridized carbons (Fsp3) is 0.182. The van der Waals surface area contributed by atoms with Crippen molar-refractivity contribution < 1.29 is 36.6 Å². The lowest BCUT2D eigenvalue weighted by molar-refractivity contribution is -0.192. The summed E-state index contributed by atoms with van der Waals surface area (Å²) in [6, 6.07) is 15.6. The number of hydrogen-bond acceptors (Lipinski definition) is 7. The molecule has 0 aliphatic carbocycles. The standard InChI is InChI=1S/C20H20N2O3S3.C2HF3O2/c1-12(23)13-6-8-14(9-7-13)15-4-3-5-16(10-15)28(24,25)18-11-17(19(21)22)27-20(18)26-2;3-2(4,5)1(6)7/h3-12,23H,1-2H3,(H3,21,22);(H,6,7). The van der Waals surface area contributed by atoms with Crippen molar-refractivity contribution in [1.82, 2.24) is 0 Å². The molecule has 0 spiro atoms. The molecule has 1 heterocycles. The summed E-state index contributed by atoms with van der Waals surface area (Å²) >= 11 is 2.53. The SMILES string of the molecule is CSc1sc(C(=N)N)cc1S(=O)(=O)c1cccc(-c2ccc(C(C)O)cc2)c1.O=C(O)C(F)(F)F. The van der Waals surface area contributed by atoms with E-state index in [1.54, 1.807) is 31.4 Å². The molecule has 35 heavy (non-hydrogen) atoms. The summed E-state index contributed by atoms with van der Waals surface area (Å²) in [5, 5.41) is 24.4. The molecular formula is C22H21F3N2O5S3. The highest BCUT2D eigenvalue weighted by molar-refractivity contribution is 8.01. The summed E-state index contributed by atoms with van der Waals surface area (Å²) in [7, 11) is -3.75. The molecule has 7 nitrogen and oxygen atoms in total. The summed E-state index contributed by atoms with van der Waals surface area (Å²) in [5.74, 6) is -2.90. The molecule has 0 fully saturated rings. The molecule has 0 aliphatic heterocycles. The van der Waals surface area contributed by atoms with Gasteiger partial charge in [-0.15, -0.1) is 23.1 Å². The lowest BCUT2D eigenvalue weighted by Crippen LogP contribution is -2.21.